The monoisotopic (exact) mass is 451 g/mol. The van der Waals surface area contributed by atoms with Gasteiger partial charge in [0.25, 0.3) is 0 Å². The number of aromatic nitrogens is 1. The molecule has 1 heterocycles. The number of ether oxygens (including phenoxy) is 2. The number of Topliss-reactive ketones (excluding diaryl/α,β-unsaturated/α-hetero) is 1. The van der Waals surface area contributed by atoms with Crippen molar-refractivity contribution >= 4 is 23.5 Å². The Morgan fingerprint density at radius 2 is 1.91 bits per heavy atom. The van der Waals surface area contributed by atoms with Crippen LogP contribution in [-0.2, 0) is 17.8 Å². The molecule has 0 amide bonds. The Labute approximate surface area is 191 Å². The molecule has 0 aliphatic rings. The first-order chi connectivity index (χ1) is 15.4. The summed E-state index contributed by atoms with van der Waals surface area (Å²) in [4.78, 5) is 29.6. The van der Waals surface area contributed by atoms with E-state index in [0.717, 1.165) is 21.8 Å². The van der Waals surface area contributed by atoms with E-state index in [9.17, 15) is 14.7 Å². The SMILES string of the molecule is CCCc1c(OCc2cncc(Sc3cccc(C(=O)OC)c3)c2)ccc(C(C)=O)c1O. The molecule has 6 nitrogen and oxygen atoms in total. The van der Waals surface area contributed by atoms with Crippen LogP contribution in [0.25, 0.3) is 0 Å². The number of nitrogens with zero attached hydrogens (tertiary/aromatic N) is 1. The molecule has 0 saturated heterocycles. The van der Waals surface area contributed by atoms with Crippen LogP contribution in [-0.4, -0.2) is 29.0 Å². The molecule has 7 heteroatoms. The molecule has 0 saturated carbocycles. The second-order valence-corrected chi connectivity index (χ2v) is 8.33. The van der Waals surface area contributed by atoms with Crippen LogP contribution in [0, 0.1) is 0 Å². The Morgan fingerprint density at radius 1 is 1.09 bits per heavy atom. The fourth-order valence-electron chi connectivity index (χ4n) is 3.23. The van der Waals surface area contributed by atoms with Crippen LogP contribution in [0.1, 0.15) is 52.1 Å². The zero-order valence-electron chi connectivity index (χ0n) is 18.3. The van der Waals surface area contributed by atoms with Crippen molar-refractivity contribution in [3.63, 3.8) is 0 Å². The Morgan fingerprint density at radius 3 is 2.62 bits per heavy atom. The maximum Gasteiger partial charge on any atom is 0.337 e. The van der Waals surface area contributed by atoms with E-state index >= 15 is 0 Å². The number of benzene rings is 2. The normalized spacial score (nSPS) is 10.6. The molecule has 0 bridgehead atoms. The van der Waals surface area contributed by atoms with Crippen molar-refractivity contribution in [2.45, 2.75) is 43.1 Å². The summed E-state index contributed by atoms with van der Waals surface area (Å²) in [5.41, 5.74) is 2.28. The maximum absolute atomic E-state index is 11.8. The molecular formula is C25H25NO5S. The van der Waals surface area contributed by atoms with Crippen LogP contribution >= 0.6 is 11.8 Å². The van der Waals surface area contributed by atoms with E-state index in [1.807, 2.05) is 19.1 Å². The van der Waals surface area contributed by atoms with Crippen molar-refractivity contribution in [1.82, 2.24) is 4.98 Å². The fraction of sp³-hybridized carbons (Fsp3) is 0.240. The van der Waals surface area contributed by atoms with Gasteiger partial charge in [-0.1, -0.05) is 31.2 Å². The van der Waals surface area contributed by atoms with Gasteiger partial charge in [-0.05, 0) is 49.7 Å². The lowest BCUT2D eigenvalue weighted by molar-refractivity contribution is 0.0600. The van der Waals surface area contributed by atoms with Crippen molar-refractivity contribution in [3.05, 3.63) is 77.1 Å². The number of hydrogen-bond acceptors (Lipinski definition) is 7. The van der Waals surface area contributed by atoms with Gasteiger partial charge in [-0.15, -0.1) is 0 Å². The molecule has 3 rings (SSSR count). The van der Waals surface area contributed by atoms with Crippen LogP contribution in [0.4, 0.5) is 0 Å². The molecule has 32 heavy (non-hydrogen) atoms. The maximum atomic E-state index is 11.8. The number of aromatic hydroxyl groups is 1. The zero-order valence-corrected chi connectivity index (χ0v) is 19.1. The Hall–Kier alpha value is -3.32. The van der Waals surface area contributed by atoms with Crippen molar-refractivity contribution in [1.29, 1.82) is 0 Å². The third-order valence-corrected chi connectivity index (χ3v) is 5.72. The van der Waals surface area contributed by atoms with E-state index in [-0.39, 0.29) is 24.1 Å². The first kappa shape index (κ1) is 23.3. The number of methoxy groups -OCH3 is 1. The first-order valence-corrected chi connectivity index (χ1v) is 11.0. The highest BCUT2D eigenvalue weighted by Crippen LogP contribution is 2.34. The van der Waals surface area contributed by atoms with Gasteiger partial charge >= 0.3 is 5.97 Å². The van der Waals surface area contributed by atoms with E-state index in [0.29, 0.717) is 28.9 Å². The highest BCUT2D eigenvalue weighted by atomic mass is 32.2. The van der Waals surface area contributed by atoms with E-state index in [1.165, 1.54) is 25.8 Å². The summed E-state index contributed by atoms with van der Waals surface area (Å²) in [5.74, 6) is -0.0193. The van der Waals surface area contributed by atoms with Gasteiger partial charge in [-0.25, -0.2) is 4.79 Å². The number of carbonyl (C=O) groups is 2. The van der Waals surface area contributed by atoms with Crippen molar-refractivity contribution in [3.8, 4) is 11.5 Å². The summed E-state index contributed by atoms with van der Waals surface area (Å²) >= 11 is 1.48. The third kappa shape index (κ3) is 5.68. The Bertz CT molecular complexity index is 1130. The molecule has 1 N–H and O–H groups in total. The number of ketones is 1. The molecular weight excluding hydrogens is 426 g/mol. The molecule has 0 fully saturated rings. The number of pyridine rings is 1. The van der Waals surface area contributed by atoms with Crippen molar-refractivity contribution < 1.29 is 24.2 Å². The number of hydrogen-bond donors (Lipinski definition) is 1. The molecule has 0 radical (unpaired) electrons. The highest BCUT2D eigenvalue weighted by Gasteiger charge is 2.16. The largest absolute Gasteiger partial charge is 0.507 e. The van der Waals surface area contributed by atoms with Crippen molar-refractivity contribution in [2.24, 2.45) is 0 Å². The minimum Gasteiger partial charge on any atom is -0.507 e. The van der Waals surface area contributed by atoms with Gasteiger partial charge in [0.2, 0.25) is 0 Å². The summed E-state index contributed by atoms with van der Waals surface area (Å²) in [6, 6.07) is 12.5. The van der Waals surface area contributed by atoms with Crippen LogP contribution in [0.3, 0.4) is 0 Å². The predicted octanol–water partition coefficient (Wildman–Crippen LogP) is 5.46. The minimum atomic E-state index is -0.380. The highest BCUT2D eigenvalue weighted by molar-refractivity contribution is 7.99. The fourth-order valence-corrected chi connectivity index (χ4v) is 4.16. The van der Waals surface area contributed by atoms with Crippen LogP contribution in [0.5, 0.6) is 11.5 Å². The molecule has 0 spiro atoms. The number of phenolic OH excluding ortho intramolecular Hbond substituents is 1. The summed E-state index contributed by atoms with van der Waals surface area (Å²) in [6.07, 6.45) is 4.88. The van der Waals surface area contributed by atoms with Gasteiger partial charge in [-0.3, -0.25) is 9.78 Å². The standard InChI is InChI=1S/C25H25NO5S/c1-4-6-22-23(10-9-21(16(2)27)24(22)28)31-15-17-11-20(14-26-13-17)32-19-8-5-7-18(12-19)25(29)30-3/h5,7-14,28H,4,6,15H2,1-3H3. The number of esters is 1. The molecule has 3 aromatic rings. The molecule has 2 aromatic carbocycles. The van der Waals surface area contributed by atoms with Gasteiger partial charge in [0.15, 0.2) is 5.78 Å². The second kappa shape index (κ2) is 10.8. The predicted molar refractivity (Wildman–Crippen MR) is 123 cm³/mol. The smallest absolute Gasteiger partial charge is 0.337 e. The minimum absolute atomic E-state index is 0.00947. The van der Waals surface area contributed by atoms with Gasteiger partial charge in [0.1, 0.15) is 18.1 Å². The van der Waals surface area contributed by atoms with Crippen LogP contribution in [0.15, 0.2) is 64.6 Å². The van der Waals surface area contributed by atoms with Gasteiger partial charge in [-0.2, -0.15) is 0 Å². The second-order valence-electron chi connectivity index (χ2n) is 7.18. The number of phenols is 1. The van der Waals surface area contributed by atoms with Gasteiger partial charge < -0.3 is 14.6 Å². The molecule has 0 atom stereocenters. The molecule has 0 unspecified atom stereocenters. The van der Waals surface area contributed by atoms with Crippen LogP contribution < -0.4 is 4.74 Å². The zero-order chi connectivity index (χ0) is 23.1. The molecule has 0 aliphatic carbocycles. The van der Waals surface area contributed by atoms with E-state index in [4.69, 9.17) is 9.47 Å². The van der Waals surface area contributed by atoms with E-state index in [1.54, 1.807) is 42.7 Å². The summed E-state index contributed by atoms with van der Waals surface area (Å²) in [6.45, 7) is 3.70. The van der Waals surface area contributed by atoms with E-state index in [2.05, 4.69) is 4.98 Å². The van der Waals surface area contributed by atoms with Crippen molar-refractivity contribution in [2.75, 3.05) is 7.11 Å². The topological polar surface area (TPSA) is 85.7 Å². The van der Waals surface area contributed by atoms with Crippen LogP contribution in [0.2, 0.25) is 0 Å². The first-order valence-electron chi connectivity index (χ1n) is 10.2. The lowest BCUT2D eigenvalue weighted by Gasteiger charge is -2.15. The molecule has 0 aliphatic heterocycles. The number of rotatable bonds is 9. The molecule has 166 valence electrons. The average molecular weight is 452 g/mol. The Balaban J connectivity index is 1.75. The van der Waals surface area contributed by atoms with Gasteiger partial charge in [0, 0.05) is 33.3 Å². The quantitative estimate of drug-likeness (QED) is 0.341. The summed E-state index contributed by atoms with van der Waals surface area (Å²) in [7, 11) is 1.36. The average Bonchev–Trinajstić information content (AvgIpc) is 2.79. The summed E-state index contributed by atoms with van der Waals surface area (Å²) < 4.78 is 10.8. The Kier molecular flexibility index (Phi) is 7.89. The molecule has 1 aromatic heterocycles. The third-order valence-electron chi connectivity index (χ3n) is 4.77. The number of carbonyl (C=O) groups excluding carboxylic acids is 2. The van der Waals surface area contributed by atoms with E-state index < -0.39 is 0 Å². The lowest BCUT2D eigenvalue weighted by Crippen LogP contribution is -2.03. The lowest BCUT2D eigenvalue weighted by atomic mass is 10.0. The van der Waals surface area contributed by atoms with Gasteiger partial charge in [0.05, 0.1) is 18.2 Å². The summed E-state index contributed by atoms with van der Waals surface area (Å²) in [5, 5.41) is 10.5.